The maximum atomic E-state index is 14.0. The van der Waals surface area contributed by atoms with E-state index < -0.39 is 0 Å². The number of nitrogens with zero attached hydrogens (tertiary/aromatic N) is 2. The van der Waals surface area contributed by atoms with E-state index in [1.54, 1.807) is 6.20 Å². The second-order valence-corrected chi connectivity index (χ2v) is 9.86. The molecule has 3 amide bonds. The monoisotopic (exact) mass is 464 g/mol. The molecule has 0 unspecified atom stereocenters. The van der Waals surface area contributed by atoms with E-state index in [1.165, 1.54) is 5.56 Å². The van der Waals surface area contributed by atoms with Gasteiger partial charge in [0.2, 0.25) is 5.91 Å². The molecule has 5 atom stereocenters. The van der Waals surface area contributed by atoms with Crippen LogP contribution in [0, 0.1) is 11.8 Å². The first-order valence-electron chi connectivity index (χ1n) is 12.9. The van der Waals surface area contributed by atoms with E-state index in [2.05, 4.69) is 55.9 Å². The zero-order chi connectivity index (χ0) is 23.5. The number of benzene rings is 1. The van der Waals surface area contributed by atoms with Gasteiger partial charge in [0.25, 0.3) is 0 Å². The van der Waals surface area contributed by atoms with Crippen LogP contribution >= 0.6 is 0 Å². The number of aromatic amines is 1. The molecule has 2 aromatic rings. The molecule has 182 valence electrons. The maximum Gasteiger partial charge on any atom is 0.315 e. The first-order chi connectivity index (χ1) is 16.7. The van der Waals surface area contributed by atoms with E-state index in [0.717, 1.165) is 63.0 Å². The molecule has 0 bridgehead atoms. The van der Waals surface area contributed by atoms with Crippen molar-refractivity contribution in [2.24, 2.45) is 11.8 Å². The molecule has 1 aromatic carbocycles. The average Bonchev–Trinajstić information content (AvgIpc) is 3.54. The van der Waals surface area contributed by atoms with Crippen LogP contribution in [0.15, 0.2) is 36.7 Å². The fourth-order valence-electron chi connectivity index (χ4n) is 6.10. The normalized spacial score (nSPS) is 27.9. The summed E-state index contributed by atoms with van der Waals surface area (Å²) in [5, 5.41) is 9.75. The number of hydrogen-bond donors (Lipinski definition) is 4. The summed E-state index contributed by atoms with van der Waals surface area (Å²) in [6.45, 7) is 3.50. The lowest BCUT2D eigenvalue weighted by molar-refractivity contribution is -0.138. The average molecular weight is 465 g/mol. The Balaban J connectivity index is 1.37. The number of nitrogens with one attached hydrogen (secondary N) is 4. The smallest absolute Gasteiger partial charge is 0.315 e. The van der Waals surface area contributed by atoms with Gasteiger partial charge in [0.1, 0.15) is 5.82 Å². The van der Waals surface area contributed by atoms with Gasteiger partial charge in [-0.15, -0.1) is 0 Å². The van der Waals surface area contributed by atoms with E-state index in [1.807, 2.05) is 12.3 Å². The quantitative estimate of drug-likeness (QED) is 0.483. The van der Waals surface area contributed by atoms with Crippen LogP contribution in [-0.4, -0.2) is 45.9 Å². The molecule has 1 aliphatic carbocycles. The molecule has 0 spiro atoms. The van der Waals surface area contributed by atoms with Gasteiger partial charge in [-0.05, 0) is 37.3 Å². The van der Waals surface area contributed by atoms with Crippen LogP contribution < -0.4 is 16.0 Å². The number of fused-ring (bicyclic) bond motifs is 3. The number of anilines is 1. The number of unbranched alkanes of at least 4 members (excludes halogenated alkanes) is 1. The zero-order valence-electron chi connectivity index (χ0n) is 19.9. The molecule has 34 heavy (non-hydrogen) atoms. The standard InChI is InChI=1S/C26H36N6O2/c1-2-3-13-29-26(34)31-21-11-7-5-9-18(21)25(33)32-16-12-19-22(24-27-14-15-28-24)30-20-10-6-4-8-17(20)23(19)32/h4,6,8,10,14-15,18-19,21-23,30H,2-3,5,7,9,11-13,16H2,1H3,(H,27,28)(H2,29,31,34)/t18-,19-,21+,22+,23-/m0/s1. The summed E-state index contributed by atoms with van der Waals surface area (Å²) in [7, 11) is 0. The summed E-state index contributed by atoms with van der Waals surface area (Å²) in [4.78, 5) is 36.4. The van der Waals surface area contributed by atoms with Gasteiger partial charge in [0, 0.05) is 43.1 Å². The van der Waals surface area contributed by atoms with Crippen molar-refractivity contribution in [1.82, 2.24) is 25.5 Å². The highest BCUT2D eigenvalue weighted by Crippen LogP contribution is 2.51. The van der Waals surface area contributed by atoms with Gasteiger partial charge in [-0.1, -0.05) is 44.4 Å². The highest BCUT2D eigenvalue weighted by molar-refractivity contribution is 5.82. The summed E-state index contributed by atoms with van der Waals surface area (Å²) >= 11 is 0. The lowest BCUT2D eigenvalue weighted by Gasteiger charge is -2.41. The van der Waals surface area contributed by atoms with Crippen LogP contribution in [0.1, 0.15) is 75.3 Å². The molecule has 1 saturated heterocycles. The maximum absolute atomic E-state index is 14.0. The Morgan fingerprint density at radius 1 is 1.18 bits per heavy atom. The summed E-state index contributed by atoms with van der Waals surface area (Å²) in [5.41, 5.74) is 2.25. The molecular formula is C26H36N6O2. The number of imidazole rings is 1. The number of carbonyl (C=O) groups is 2. The number of aromatic nitrogens is 2. The summed E-state index contributed by atoms with van der Waals surface area (Å²) in [5.74, 6) is 1.17. The number of para-hydroxylation sites is 1. The van der Waals surface area contributed by atoms with E-state index in [4.69, 9.17) is 0 Å². The molecule has 2 aliphatic heterocycles. The number of carbonyl (C=O) groups excluding carboxylic acids is 2. The number of hydrogen-bond acceptors (Lipinski definition) is 4. The fraction of sp³-hybridized carbons (Fsp3) is 0.577. The van der Waals surface area contributed by atoms with Crippen molar-refractivity contribution in [2.75, 3.05) is 18.4 Å². The van der Waals surface area contributed by atoms with Crippen molar-refractivity contribution in [3.63, 3.8) is 0 Å². The minimum absolute atomic E-state index is 0.0148. The molecule has 3 heterocycles. The Hall–Kier alpha value is -3.03. The number of urea groups is 1. The summed E-state index contributed by atoms with van der Waals surface area (Å²) in [6, 6.07) is 8.11. The Bertz CT molecular complexity index is 993. The SMILES string of the molecule is CCCCNC(=O)N[C@@H]1CCCC[C@@H]1C(=O)N1CC[C@H]2[C@H](c3ncc[nH]3)Nc3ccccc3[C@@H]21. The third-order valence-electron chi connectivity index (χ3n) is 7.78. The van der Waals surface area contributed by atoms with Crippen molar-refractivity contribution in [3.05, 3.63) is 48.0 Å². The van der Waals surface area contributed by atoms with Gasteiger partial charge in [-0.2, -0.15) is 0 Å². The van der Waals surface area contributed by atoms with E-state index in [-0.39, 0.29) is 41.9 Å². The van der Waals surface area contributed by atoms with Crippen LogP contribution in [0.4, 0.5) is 10.5 Å². The van der Waals surface area contributed by atoms with Gasteiger partial charge < -0.3 is 25.8 Å². The number of rotatable bonds is 6. The third kappa shape index (κ3) is 4.38. The van der Waals surface area contributed by atoms with Crippen molar-refractivity contribution >= 4 is 17.6 Å². The number of H-pyrrole nitrogens is 1. The molecular weight excluding hydrogens is 428 g/mol. The molecule has 1 aromatic heterocycles. The molecule has 8 heteroatoms. The third-order valence-corrected chi connectivity index (χ3v) is 7.78. The Morgan fingerprint density at radius 3 is 2.85 bits per heavy atom. The van der Waals surface area contributed by atoms with Gasteiger partial charge >= 0.3 is 6.03 Å². The van der Waals surface area contributed by atoms with Crippen LogP contribution in [0.25, 0.3) is 0 Å². The Kier molecular flexibility index (Phi) is 6.74. The minimum Gasteiger partial charge on any atom is -0.375 e. The Morgan fingerprint density at radius 2 is 2.03 bits per heavy atom. The second kappa shape index (κ2) is 10.1. The van der Waals surface area contributed by atoms with Crippen LogP contribution in [0.5, 0.6) is 0 Å². The van der Waals surface area contributed by atoms with Gasteiger partial charge in [0.05, 0.1) is 18.0 Å². The summed E-state index contributed by atoms with van der Waals surface area (Å²) in [6.07, 6.45) is 10.3. The van der Waals surface area contributed by atoms with Crippen molar-refractivity contribution < 1.29 is 9.59 Å². The first-order valence-corrected chi connectivity index (χ1v) is 12.9. The van der Waals surface area contributed by atoms with Crippen LogP contribution in [0.3, 0.4) is 0 Å². The van der Waals surface area contributed by atoms with Gasteiger partial charge in [-0.3, -0.25) is 4.79 Å². The molecule has 3 aliphatic rings. The predicted octanol–water partition coefficient (Wildman–Crippen LogP) is 4.12. The number of likely N-dealkylation sites (tertiary alicyclic amines) is 1. The van der Waals surface area contributed by atoms with Crippen molar-refractivity contribution in [2.45, 2.75) is 70.0 Å². The Labute approximate surface area is 201 Å². The number of amides is 3. The van der Waals surface area contributed by atoms with E-state index in [0.29, 0.717) is 6.54 Å². The van der Waals surface area contributed by atoms with E-state index in [9.17, 15) is 9.59 Å². The van der Waals surface area contributed by atoms with Gasteiger partial charge in [-0.25, -0.2) is 9.78 Å². The van der Waals surface area contributed by atoms with Crippen molar-refractivity contribution in [3.8, 4) is 0 Å². The molecule has 1 saturated carbocycles. The van der Waals surface area contributed by atoms with E-state index >= 15 is 0 Å². The topological polar surface area (TPSA) is 102 Å². The minimum atomic E-state index is -0.173. The van der Waals surface area contributed by atoms with Crippen LogP contribution in [-0.2, 0) is 4.79 Å². The zero-order valence-corrected chi connectivity index (χ0v) is 19.9. The lowest BCUT2D eigenvalue weighted by atomic mass is 9.81. The molecule has 8 nitrogen and oxygen atoms in total. The molecule has 4 N–H and O–H groups in total. The highest BCUT2D eigenvalue weighted by Gasteiger charge is 2.49. The highest BCUT2D eigenvalue weighted by atomic mass is 16.2. The second-order valence-electron chi connectivity index (χ2n) is 9.86. The lowest BCUT2D eigenvalue weighted by Crippen LogP contribution is -2.52. The molecule has 0 radical (unpaired) electrons. The van der Waals surface area contributed by atoms with Crippen LogP contribution in [0.2, 0.25) is 0 Å². The summed E-state index contributed by atoms with van der Waals surface area (Å²) < 4.78 is 0. The van der Waals surface area contributed by atoms with Crippen molar-refractivity contribution in [1.29, 1.82) is 0 Å². The molecule has 2 fully saturated rings. The molecule has 5 rings (SSSR count). The predicted molar refractivity (Wildman–Crippen MR) is 131 cm³/mol. The first kappa shape index (κ1) is 22.7. The van der Waals surface area contributed by atoms with Gasteiger partial charge in [0.15, 0.2) is 0 Å². The fourth-order valence-corrected chi connectivity index (χ4v) is 6.10. The largest absolute Gasteiger partial charge is 0.375 e.